The summed E-state index contributed by atoms with van der Waals surface area (Å²) in [6, 6.07) is 8.59. The third-order valence-corrected chi connectivity index (χ3v) is 3.77. The van der Waals surface area contributed by atoms with Gasteiger partial charge in [-0.2, -0.15) is 0 Å². The van der Waals surface area contributed by atoms with Crippen LogP contribution in [-0.4, -0.2) is 48.5 Å². The number of hydrogen-bond donors (Lipinski definition) is 2. The predicted molar refractivity (Wildman–Crippen MR) is 76.0 cm³/mol. The van der Waals surface area contributed by atoms with E-state index in [-0.39, 0.29) is 24.8 Å². The van der Waals surface area contributed by atoms with Gasteiger partial charge in [0.25, 0.3) is 0 Å². The van der Waals surface area contributed by atoms with Crippen LogP contribution >= 0.6 is 0 Å². The lowest BCUT2D eigenvalue weighted by Crippen LogP contribution is -2.49. The highest BCUT2D eigenvalue weighted by atomic mass is 16.5. The Labute approximate surface area is 115 Å². The van der Waals surface area contributed by atoms with E-state index < -0.39 is 0 Å². The molecule has 1 fully saturated rings. The summed E-state index contributed by atoms with van der Waals surface area (Å²) in [5.74, 6) is 0. The van der Waals surface area contributed by atoms with Crippen molar-refractivity contribution in [2.24, 2.45) is 5.73 Å². The molecule has 0 saturated carbocycles. The van der Waals surface area contributed by atoms with Gasteiger partial charge >= 0.3 is 0 Å². The standard InChI is InChI=1S/C15H24N2O2/c1-11-5-3-4-6-14(11)15(12(2)16)17-7-8-19-13(9-17)10-18/h3-6,12-13,15,18H,7-10,16H2,1-2H3. The second-order valence-corrected chi connectivity index (χ2v) is 5.33. The van der Waals surface area contributed by atoms with E-state index in [0.717, 1.165) is 13.1 Å². The zero-order chi connectivity index (χ0) is 13.8. The monoisotopic (exact) mass is 264 g/mol. The molecular weight excluding hydrogens is 240 g/mol. The number of nitrogens with zero attached hydrogens (tertiary/aromatic N) is 1. The summed E-state index contributed by atoms with van der Waals surface area (Å²) in [5, 5.41) is 9.27. The van der Waals surface area contributed by atoms with Gasteiger partial charge in [0.05, 0.1) is 25.4 Å². The molecule has 4 nitrogen and oxygen atoms in total. The highest BCUT2D eigenvalue weighted by Gasteiger charge is 2.30. The van der Waals surface area contributed by atoms with Gasteiger partial charge in [-0.25, -0.2) is 0 Å². The lowest BCUT2D eigenvalue weighted by Gasteiger charge is -2.40. The van der Waals surface area contributed by atoms with Crippen LogP contribution in [0.3, 0.4) is 0 Å². The molecule has 0 bridgehead atoms. The van der Waals surface area contributed by atoms with Gasteiger partial charge in [-0.1, -0.05) is 24.3 Å². The van der Waals surface area contributed by atoms with Crippen LogP contribution in [0.2, 0.25) is 0 Å². The first kappa shape index (κ1) is 14.5. The summed E-state index contributed by atoms with van der Waals surface area (Å²) in [6.07, 6.45) is -0.0981. The molecule has 1 aliphatic rings. The first-order valence-electron chi connectivity index (χ1n) is 6.91. The number of ether oxygens (including phenoxy) is 1. The zero-order valence-electron chi connectivity index (χ0n) is 11.7. The molecular formula is C15H24N2O2. The number of aliphatic hydroxyl groups excluding tert-OH is 1. The van der Waals surface area contributed by atoms with Crippen molar-refractivity contribution in [1.29, 1.82) is 0 Å². The number of hydrogen-bond acceptors (Lipinski definition) is 4. The Morgan fingerprint density at radius 2 is 2.21 bits per heavy atom. The summed E-state index contributed by atoms with van der Waals surface area (Å²) >= 11 is 0. The number of rotatable bonds is 4. The van der Waals surface area contributed by atoms with E-state index in [4.69, 9.17) is 10.5 Å². The minimum Gasteiger partial charge on any atom is -0.394 e. The Bertz CT molecular complexity index is 409. The van der Waals surface area contributed by atoms with Gasteiger partial charge in [0.15, 0.2) is 0 Å². The summed E-state index contributed by atoms with van der Waals surface area (Å²) in [5.41, 5.74) is 8.75. The van der Waals surface area contributed by atoms with Crippen LogP contribution < -0.4 is 5.73 Å². The van der Waals surface area contributed by atoms with Gasteiger partial charge < -0.3 is 15.6 Å². The Hall–Kier alpha value is -0.940. The molecule has 3 atom stereocenters. The summed E-state index contributed by atoms with van der Waals surface area (Å²) in [6.45, 7) is 6.47. The largest absolute Gasteiger partial charge is 0.394 e. The molecule has 4 heteroatoms. The maximum Gasteiger partial charge on any atom is 0.0933 e. The normalized spacial score (nSPS) is 24.1. The van der Waals surface area contributed by atoms with Crippen molar-refractivity contribution >= 4 is 0 Å². The Balaban J connectivity index is 2.23. The maximum absolute atomic E-state index is 9.27. The maximum atomic E-state index is 9.27. The second-order valence-electron chi connectivity index (χ2n) is 5.33. The van der Waals surface area contributed by atoms with Crippen molar-refractivity contribution in [3.8, 4) is 0 Å². The Kier molecular flexibility index (Phi) is 4.93. The fourth-order valence-electron chi connectivity index (χ4n) is 2.84. The van der Waals surface area contributed by atoms with Gasteiger partial charge in [-0.15, -0.1) is 0 Å². The lowest BCUT2D eigenvalue weighted by molar-refractivity contribution is -0.0676. The number of morpholine rings is 1. The number of aliphatic hydroxyl groups is 1. The molecule has 1 heterocycles. The molecule has 0 spiro atoms. The van der Waals surface area contributed by atoms with Gasteiger partial charge in [-0.3, -0.25) is 4.90 Å². The summed E-state index contributed by atoms with van der Waals surface area (Å²) in [4.78, 5) is 2.33. The minimum absolute atomic E-state index is 0.0403. The molecule has 2 rings (SSSR count). The fourth-order valence-corrected chi connectivity index (χ4v) is 2.84. The van der Waals surface area contributed by atoms with Crippen LogP contribution in [0.5, 0.6) is 0 Å². The van der Waals surface area contributed by atoms with E-state index in [1.807, 2.05) is 13.0 Å². The Morgan fingerprint density at radius 1 is 1.47 bits per heavy atom. The zero-order valence-corrected chi connectivity index (χ0v) is 11.7. The molecule has 1 saturated heterocycles. The Morgan fingerprint density at radius 3 is 2.84 bits per heavy atom. The van der Waals surface area contributed by atoms with Crippen molar-refractivity contribution in [3.63, 3.8) is 0 Å². The molecule has 1 aromatic rings. The third-order valence-electron chi connectivity index (χ3n) is 3.77. The summed E-state index contributed by atoms with van der Waals surface area (Å²) < 4.78 is 5.52. The molecule has 0 amide bonds. The van der Waals surface area contributed by atoms with Crippen LogP contribution in [0.25, 0.3) is 0 Å². The quantitative estimate of drug-likeness (QED) is 0.854. The van der Waals surface area contributed by atoms with Crippen molar-refractivity contribution in [1.82, 2.24) is 4.90 Å². The average molecular weight is 264 g/mol. The van der Waals surface area contributed by atoms with E-state index in [1.54, 1.807) is 0 Å². The van der Waals surface area contributed by atoms with Crippen molar-refractivity contribution in [2.45, 2.75) is 32.0 Å². The van der Waals surface area contributed by atoms with E-state index in [9.17, 15) is 5.11 Å². The molecule has 1 aromatic carbocycles. The van der Waals surface area contributed by atoms with Gasteiger partial charge in [0.2, 0.25) is 0 Å². The first-order valence-corrected chi connectivity index (χ1v) is 6.91. The average Bonchev–Trinajstić information content (AvgIpc) is 2.41. The lowest BCUT2D eigenvalue weighted by atomic mass is 9.94. The SMILES string of the molecule is Cc1ccccc1C(C(C)N)N1CCOC(CO)C1. The minimum atomic E-state index is -0.0981. The molecule has 19 heavy (non-hydrogen) atoms. The first-order chi connectivity index (χ1) is 9.13. The topological polar surface area (TPSA) is 58.7 Å². The van der Waals surface area contributed by atoms with Crippen molar-refractivity contribution < 1.29 is 9.84 Å². The van der Waals surface area contributed by atoms with E-state index >= 15 is 0 Å². The predicted octanol–water partition coefficient (Wildman–Crippen LogP) is 1.08. The highest BCUT2D eigenvalue weighted by molar-refractivity contribution is 5.30. The summed E-state index contributed by atoms with van der Waals surface area (Å²) in [7, 11) is 0. The van der Waals surface area contributed by atoms with Gasteiger partial charge in [0, 0.05) is 19.1 Å². The van der Waals surface area contributed by atoms with E-state index in [2.05, 4.69) is 30.0 Å². The van der Waals surface area contributed by atoms with Crippen LogP contribution in [-0.2, 0) is 4.74 Å². The third kappa shape index (κ3) is 3.34. The van der Waals surface area contributed by atoms with Crippen LogP contribution in [0.1, 0.15) is 24.1 Å². The molecule has 106 valence electrons. The molecule has 0 aliphatic carbocycles. The van der Waals surface area contributed by atoms with Crippen LogP contribution in [0.15, 0.2) is 24.3 Å². The van der Waals surface area contributed by atoms with Gasteiger partial charge in [0.1, 0.15) is 0 Å². The number of benzene rings is 1. The van der Waals surface area contributed by atoms with Crippen molar-refractivity contribution in [3.05, 3.63) is 35.4 Å². The van der Waals surface area contributed by atoms with Crippen LogP contribution in [0, 0.1) is 6.92 Å². The fraction of sp³-hybridized carbons (Fsp3) is 0.600. The molecule has 1 aliphatic heterocycles. The van der Waals surface area contributed by atoms with Crippen LogP contribution in [0.4, 0.5) is 0 Å². The molecule has 3 N–H and O–H groups in total. The van der Waals surface area contributed by atoms with E-state index in [0.29, 0.717) is 6.61 Å². The van der Waals surface area contributed by atoms with Gasteiger partial charge in [-0.05, 0) is 25.0 Å². The molecule has 3 unspecified atom stereocenters. The molecule has 0 aromatic heterocycles. The number of aryl methyl sites for hydroxylation is 1. The second kappa shape index (κ2) is 6.48. The number of nitrogens with two attached hydrogens (primary N) is 1. The van der Waals surface area contributed by atoms with E-state index in [1.165, 1.54) is 11.1 Å². The molecule has 0 radical (unpaired) electrons. The van der Waals surface area contributed by atoms with Crippen molar-refractivity contribution in [2.75, 3.05) is 26.3 Å². The smallest absolute Gasteiger partial charge is 0.0933 e. The highest BCUT2D eigenvalue weighted by Crippen LogP contribution is 2.27.